The summed E-state index contributed by atoms with van der Waals surface area (Å²) in [6, 6.07) is 22.3. The zero-order valence-electron chi connectivity index (χ0n) is 18.1. The van der Waals surface area contributed by atoms with Crippen LogP contribution in [-0.2, 0) is 6.42 Å². The Labute approximate surface area is 197 Å². The summed E-state index contributed by atoms with van der Waals surface area (Å²) in [6.07, 6.45) is 2.75. The van der Waals surface area contributed by atoms with Gasteiger partial charge in [-0.2, -0.15) is 0 Å². The number of carbonyl (C=O) groups excluding carboxylic acids is 2. The molecule has 0 fully saturated rings. The fourth-order valence-electron chi connectivity index (χ4n) is 3.10. The van der Waals surface area contributed by atoms with E-state index in [-0.39, 0.29) is 11.8 Å². The molecule has 32 heavy (non-hydrogen) atoms. The first kappa shape index (κ1) is 23.5. The molecule has 0 aliphatic carbocycles. The molecule has 0 spiro atoms. The number of unbranched alkanes of at least 4 members (excludes halogenated alkanes) is 1. The highest BCUT2D eigenvalue weighted by molar-refractivity contribution is 9.10. The highest BCUT2D eigenvalue weighted by Crippen LogP contribution is 2.26. The van der Waals surface area contributed by atoms with Gasteiger partial charge in [-0.25, -0.2) is 0 Å². The molecule has 0 aromatic heterocycles. The van der Waals surface area contributed by atoms with E-state index in [1.165, 1.54) is 5.56 Å². The summed E-state index contributed by atoms with van der Waals surface area (Å²) in [7, 11) is 0. The van der Waals surface area contributed by atoms with Crippen LogP contribution in [0.15, 0.2) is 77.3 Å². The van der Waals surface area contributed by atoms with Gasteiger partial charge in [-0.05, 0) is 64.3 Å². The second kappa shape index (κ2) is 12.1. The van der Waals surface area contributed by atoms with Crippen LogP contribution in [0.4, 0.5) is 5.69 Å². The third kappa shape index (κ3) is 6.95. The smallest absolute Gasteiger partial charge is 0.255 e. The molecular formula is C26H27BrN2O3. The van der Waals surface area contributed by atoms with Gasteiger partial charge in [0.2, 0.25) is 0 Å². The molecule has 0 radical (unpaired) electrons. The van der Waals surface area contributed by atoms with E-state index in [9.17, 15) is 9.59 Å². The molecule has 0 aliphatic rings. The quantitative estimate of drug-likeness (QED) is 0.347. The summed E-state index contributed by atoms with van der Waals surface area (Å²) in [5, 5.41) is 5.73. The van der Waals surface area contributed by atoms with Gasteiger partial charge in [0.05, 0.1) is 11.1 Å². The average Bonchev–Trinajstić information content (AvgIpc) is 2.81. The number of rotatable bonds is 10. The van der Waals surface area contributed by atoms with Crippen molar-refractivity contribution in [3.63, 3.8) is 0 Å². The van der Waals surface area contributed by atoms with E-state index >= 15 is 0 Å². The molecule has 3 rings (SSSR count). The molecule has 3 aromatic carbocycles. The Morgan fingerprint density at radius 2 is 1.69 bits per heavy atom. The van der Waals surface area contributed by atoms with Crippen molar-refractivity contribution in [3.05, 3.63) is 94.0 Å². The summed E-state index contributed by atoms with van der Waals surface area (Å²) in [4.78, 5) is 24.9. The molecule has 2 N–H and O–H groups in total. The van der Waals surface area contributed by atoms with E-state index in [4.69, 9.17) is 4.74 Å². The molecule has 0 atom stereocenters. The largest absolute Gasteiger partial charge is 0.492 e. The molecular weight excluding hydrogens is 468 g/mol. The van der Waals surface area contributed by atoms with E-state index in [0.717, 1.165) is 19.3 Å². The second-order valence-corrected chi connectivity index (χ2v) is 8.23. The Balaban J connectivity index is 1.57. The number of benzene rings is 3. The van der Waals surface area contributed by atoms with Crippen molar-refractivity contribution >= 4 is 33.4 Å². The van der Waals surface area contributed by atoms with Crippen LogP contribution in [0.2, 0.25) is 0 Å². The van der Waals surface area contributed by atoms with Crippen LogP contribution in [0.25, 0.3) is 0 Å². The molecule has 0 heterocycles. The Kier molecular flexibility index (Phi) is 8.87. The van der Waals surface area contributed by atoms with E-state index in [2.05, 4.69) is 45.6 Å². The van der Waals surface area contributed by atoms with Crippen molar-refractivity contribution in [2.75, 3.05) is 18.5 Å². The molecule has 0 saturated heterocycles. The summed E-state index contributed by atoms with van der Waals surface area (Å²) in [6.45, 7) is 3.26. The molecule has 0 aliphatic heterocycles. The number of ether oxygens (including phenoxy) is 1. The van der Waals surface area contributed by atoms with Crippen LogP contribution in [0.5, 0.6) is 5.75 Å². The minimum Gasteiger partial charge on any atom is -0.492 e. The van der Waals surface area contributed by atoms with E-state index in [0.29, 0.717) is 40.2 Å². The predicted octanol–water partition coefficient (Wildman–Crippen LogP) is 5.85. The van der Waals surface area contributed by atoms with Crippen molar-refractivity contribution in [1.82, 2.24) is 5.32 Å². The molecule has 3 aromatic rings. The zero-order valence-corrected chi connectivity index (χ0v) is 19.7. The molecule has 166 valence electrons. The van der Waals surface area contributed by atoms with Gasteiger partial charge in [-0.15, -0.1) is 0 Å². The number of carbonyl (C=O) groups is 2. The molecule has 2 amide bonds. The number of anilines is 1. The maximum absolute atomic E-state index is 12.7. The standard InChI is InChI=1S/C26H27BrN2O3/c1-2-3-15-28-25(30)20-10-7-11-22(17-20)29-26(31)21-12-13-24(23(27)18-21)32-16-14-19-8-5-4-6-9-19/h4-13,17-18H,2-3,14-16H2,1H3,(H,28,30)(H,29,31). The first-order valence-electron chi connectivity index (χ1n) is 10.7. The minimum absolute atomic E-state index is 0.144. The van der Waals surface area contributed by atoms with Gasteiger partial charge in [0.15, 0.2) is 0 Å². The van der Waals surface area contributed by atoms with Gasteiger partial charge in [0.25, 0.3) is 11.8 Å². The molecule has 0 saturated carbocycles. The van der Waals surface area contributed by atoms with Gasteiger partial charge in [0.1, 0.15) is 5.75 Å². The SMILES string of the molecule is CCCCNC(=O)c1cccc(NC(=O)c2ccc(OCCc3ccccc3)c(Br)c2)c1. The lowest BCUT2D eigenvalue weighted by molar-refractivity contribution is 0.0951. The van der Waals surface area contributed by atoms with Crippen molar-refractivity contribution in [2.45, 2.75) is 26.2 Å². The molecule has 5 nitrogen and oxygen atoms in total. The Hall–Kier alpha value is -3.12. The Morgan fingerprint density at radius 3 is 2.44 bits per heavy atom. The summed E-state index contributed by atoms with van der Waals surface area (Å²) >= 11 is 3.49. The first-order valence-corrected chi connectivity index (χ1v) is 11.5. The van der Waals surface area contributed by atoms with Gasteiger partial charge in [0, 0.05) is 29.8 Å². The second-order valence-electron chi connectivity index (χ2n) is 7.37. The third-order valence-corrected chi connectivity index (χ3v) is 5.50. The van der Waals surface area contributed by atoms with Crippen LogP contribution in [-0.4, -0.2) is 25.0 Å². The highest BCUT2D eigenvalue weighted by atomic mass is 79.9. The predicted molar refractivity (Wildman–Crippen MR) is 131 cm³/mol. The van der Waals surface area contributed by atoms with Gasteiger partial charge >= 0.3 is 0 Å². The third-order valence-electron chi connectivity index (χ3n) is 4.88. The topological polar surface area (TPSA) is 67.4 Å². The lowest BCUT2D eigenvalue weighted by Crippen LogP contribution is -2.24. The monoisotopic (exact) mass is 494 g/mol. The van der Waals surface area contributed by atoms with Crippen molar-refractivity contribution in [1.29, 1.82) is 0 Å². The van der Waals surface area contributed by atoms with Crippen LogP contribution in [0.1, 0.15) is 46.0 Å². The average molecular weight is 495 g/mol. The van der Waals surface area contributed by atoms with Crippen molar-refractivity contribution in [3.8, 4) is 5.75 Å². The lowest BCUT2D eigenvalue weighted by atomic mass is 10.1. The fraction of sp³-hybridized carbons (Fsp3) is 0.231. The summed E-state index contributed by atoms with van der Waals surface area (Å²) < 4.78 is 6.56. The summed E-state index contributed by atoms with van der Waals surface area (Å²) in [5.74, 6) is 0.280. The Morgan fingerprint density at radius 1 is 0.906 bits per heavy atom. The van der Waals surface area contributed by atoms with Crippen molar-refractivity contribution < 1.29 is 14.3 Å². The minimum atomic E-state index is -0.259. The highest BCUT2D eigenvalue weighted by Gasteiger charge is 2.11. The number of nitrogens with one attached hydrogen (secondary N) is 2. The van der Waals surface area contributed by atoms with Crippen LogP contribution >= 0.6 is 15.9 Å². The zero-order chi connectivity index (χ0) is 22.8. The van der Waals surface area contributed by atoms with Crippen molar-refractivity contribution in [2.24, 2.45) is 0 Å². The van der Waals surface area contributed by atoms with E-state index in [1.54, 1.807) is 42.5 Å². The van der Waals surface area contributed by atoms with E-state index in [1.807, 2.05) is 18.2 Å². The van der Waals surface area contributed by atoms with Crippen LogP contribution in [0.3, 0.4) is 0 Å². The number of halogens is 1. The maximum Gasteiger partial charge on any atom is 0.255 e. The Bertz CT molecular complexity index is 1050. The number of hydrogen-bond donors (Lipinski definition) is 2. The van der Waals surface area contributed by atoms with Crippen LogP contribution < -0.4 is 15.4 Å². The normalized spacial score (nSPS) is 10.4. The summed E-state index contributed by atoms with van der Waals surface area (Å²) in [5.41, 5.74) is 2.78. The number of hydrogen-bond acceptors (Lipinski definition) is 3. The van der Waals surface area contributed by atoms with Gasteiger partial charge in [-0.1, -0.05) is 49.7 Å². The van der Waals surface area contributed by atoms with E-state index < -0.39 is 0 Å². The number of amides is 2. The lowest BCUT2D eigenvalue weighted by Gasteiger charge is -2.11. The first-order chi connectivity index (χ1) is 15.6. The molecule has 0 unspecified atom stereocenters. The fourth-order valence-corrected chi connectivity index (χ4v) is 3.60. The van der Waals surface area contributed by atoms with Crippen LogP contribution in [0, 0.1) is 0 Å². The molecule has 0 bridgehead atoms. The molecule has 6 heteroatoms. The maximum atomic E-state index is 12.7. The van der Waals surface area contributed by atoms with Gasteiger partial charge < -0.3 is 15.4 Å². The van der Waals surface area contributed by atoms with Gasteiger partial charge in [-0.3, -0.25) is 9.59 Å².